The summed E-state index contributed by atoms with van der Waals surface area (Å²) >= 11 is 0. The van der Waals surface area contributed by atoms with Gasteiger partial charge in [0.15, 0.2) is 0 Å². The minimum atomic E-state index is -0.501. The van der Waals surface area contributed by atoms with Crippen molar-refractivity contribution < 1.29 is 4.39 Å². The van der Waals surface area contributed by atoms with Gasteiger partial charge in [0.25, 0.3) is 0 Å². The number of pyridine rings is 1. The lowest BCUT2D eigenvalue weighted by Gasteiger charge is -2.00. The van der Waals surface area contributed by atoms with Crippen molar-refractivity contribution in [2.24, 2.45) is 0 Å². The van der Waals surface area contributed by atoms with Gasteiger partial charge < -0.3 is 0 Å². The van der Waals surface area contributed by atoms with E-state index in [0.717, 1.165) is 0 Å². The zero-order valence-corrected chi connectivity index (χ0v) is 7.61. The molecule has 0 aromatic carbocycles. The second kappa shape index (κ2) is 3.49. The molecule has 14 heavy (non-hydrogen) atoms. The highest BCUT2D eigenvalue weighted by Crippen LogP contribution is 2.15. The molecule has 0 fully saturated rings. The Bertz CT molecular complexity index is 413. The maximum Gasteiger partial charge on any atom is 0.213 e. The lowest BCUT2D eigenvalue weighted by atomic mass is 10.2. The fourth-order valence-electron chi connectivity index (χ4n) is 1.18. The number of halogens is 1. The van der Waals surface area contributed by atoms with Crippen molar-refractivity contribution >= 4 is 0 Å². The van der Waals surface area contributed by atoms with Crippen LogP contribution in [0.3, 0.4) is 0 Å². The van der Waals surface area contributed by atoms with Crippen molar-refractivity contribution in [3.63, 3.8) is 0 Å². The molecule has 0 radical (unpaired) electrons. The Morgan fingerprint density at radius 2 is 1.93 bits per heavy atom. The molecule has 0 N–H and O–H groups in total. The van der Waals surface area contributed by atoms with Crippen LogP contribution in [0.25, 0.3) is 11.3 Å². The Morgan fingerprint density at radius 1 is 1.14 bits per heavy atom. The number of rotatable bonds is 1. The van der Waals surface area contributed by atoms with Crippen LogP contribution in [0.4, 0.5) is 4.39 Å². The first kappa shape index (κ1) is 8.74. The first-order valence-electron chi connectivity index (χ1n) is 4.17. The Hall–Kier alpha value is -1.84. The smallest absolute Gasteiger partial charge is 0.213 e. The van der Waals surface area contributed by atoms with E-state index >= 15 is 0 Å². The summed E-state index contributed by atoms with van der Waals surface area (Å²) in [5.74, 6) is 0.165. The third-order valence-electron chi connectivity index (χ3n) is 1.80. The van der Waals surface area contributed by atoms with E-state index in [1.807, 2.05) is 0 Å². The van der Waals surface area contributed by atoms with Gasteiger partial charge in [-0.3, -0.25) is 0 Å². The van der Waals surface area contributed by atoms with Gasteiger partial charge >= 0.3 is 0 Å². The molecular formula is C10H8FN3. The van der Waals surface area contributed by atoms with E-state index in [1.54, 1.807) is 25.3 Å². The number of aromatic nitrogens is 3. The minimum Gasteiger partial charge on any atom is -0.242 e. The summed E-state index contributed by atoms with van der Waals surface area (Å²) in [4.78, 5) is 11.6. The van der Waals surface area contributed by atoms with Crippen LogP contribution in [0.5, 0.6) is 0 Å². The van der Waals surface area contributed by atoms with Gasteiger partial charge in [0.05, 0.1) is 5.69 Å². The molecule has 0 spiro atoms. The van der Waals surface area contributed by atoms with Gasteiger partial charge in [-0.15, -0.1) is 0 Å². The van der Waals surface area contributed by atoms with Crippen molar-refractivity contribution in [1.29, 1.82) is 0 Å². The molecule has 2 rings (SSSR count). The topological polar surface area (TPSA) is 38.7 Å². The standard InChI is InChI=1S/C10H8FN3/c1-7-12-5-3-9(14-7)8-2-4-13-10(11)6-8/h2-6H,1H3. The molecule has 0 saturated heterocycles. The largest absolute Gasteiger partial charge is 0.242 e. The van der Waals surface area contributed by atoms with Crippen LogP contribution in [-0.4, -0.2) is 15.0 Å². The first-order valence-corrected chi connectivity index (χ1v) is 4.17. The molecule has 0 bridgehead atoms. The second-order valence-electron chi connectivity index (χ2n) is 2.86. The average Bonchev–Trinajstić information content (AvgIpc) is 2.18. The van der Waals surface area contributed by atoms with E-state index in [1.165, 1.54) is 12.3 Å². The Morgan fingerprint density at radius 3 is 2.64 bits per heavy atom. The van der Waals surface area contributed by atoms with Crippen molar-refractivity contribution in [3.8, 4) is 11.3 Å². The Balaban J connectivity index is 2.49. The van der Waals surface area contributed by atoms with Crippen molar-refractivity contribution in [1.82, 2.24) is 15.0 Å². The molecule has 2 aromatic heterocycles. The van der Waals surface area contributed by atoms with Crippen LogP contribution < -0.4 is 0 Å². The summed E-state index contributed by atoms with van der Waals surface area (Å²) in [6.07, 6.45) is 3.07. The second-order valence-corrected chi connectivity index (χ2v) is 2.86. The molecule has 0 aliphatic rings. The lowest BCUT2D eigenvalue weighted by molar-refractivity contribution is 0.584. The molecule has 70 valence electrons. The number of aryl methyl sites for hydroxylation is 1. The molecule has 0 atom stereocenters. The molecular weight excluding hydrogens is 181 g/mol. The summed E-state index contributed by atoms with van der Waals surface area (Å²) in [6, 6.07) is 4.80. The zero-order chi connectivity index (χ0) is 9.97. The highest BCUT2D eigenvalue weighted by molar-refractivity contribution is 5.57. The van der Waals surface area contributed by atoms with E-state index in [-0.39, 0.29) is 0 Å². The van der Waals surface area contributed by atoms with Crippen LogP contribution in [-0.2, 0) is 0 Å². The average molecular weight is 189 g/mol. The molecule has 0 unspecified atom stereocenters. The normalized spacial score (nSPS) is 10.1. The molecule has 0 aliphatic carbocycles. The van der Waals surface area contributed by atoms with Gasteiger partial charge in [0, 0.05) is 24.0 Å². The van der Waals surface area contributed by atoms with E-state index < -0.39 is 5.95 Å². The predicted octanol–water partition coefficient (Wildman–Crippen LogP) is 1.99. The quantitative estimate of drug-likeness (QED) is 0.644. The highest BCUT2D eigenvalue weighted by Gasteiger charge is 2.01. The van der Waals surface area contributed by atoms with Crippen LogP contribution in [0.2, 0.25) is 0 Å². The zero-order valence-electron chi connectivity index (χ0n) is 7.61. The van der Waals surface area contributed by atoms with Crippen LogP contribution in [0.15, 0.2) is 30.6 Å². The third kappa shape index (κ3) is 1.74. The highest BCUT2D eigenvalue weighted by atomic mass is 19.1. The van der Waals surface area contributed by atoms with E-state index in [4.69, 9.17) is 0 Å². The molecule has 3 nitrogen and oxygen atoms in total. The summed E-state index contributed by atoms with van der Waals surface area (Å²) < 4.78 is 12.8. The fourth-order valence-corrected chi connectivity index (χ4v) is 1.18. The summed E-state index contributed by atoms with van der Waals surface area (Å²) in [5, 5.41) is 0. The van der Waals surface area contributed by atoms with Crippen molar-refractivity contribution in [2.75, 3.05) is 0 Å². The first-order chi connectivity index (χ1) is 6.75. The number of hydrogen-bond donors (Lipinski definition) is 0. The van der Waals surface area contributed by atoms with Crippen LogP contribution in [0.1, 0.15) is 5.82 Å². The van der Waals surface area contributed by atoms with Gasteiger partial charge in [-0.05, 0) is 19.1 Å². The van der Waals surface area contributed by atoms with E-state index in [2.05, 4.69) is 15.0 Å². The molecule has 0 saturated carbocycles. The summed E-state index contributed by atoms with van der Waals surface area (Å²) in [5.41, 5.74) is 1.42. The maximum atomic E-state index is 12.8. The minimum absolute atomic E-state index is 0.501. The predicted molar refractivity (Wildman–Crippen MR) is 50.0 cm³/mol. The number of nitrogens with zero attached hydrogens (tertiary/aromatic N) is 3. The molecule has 2 heterocycles. The summed E-state index contributed by atoms with van der Waals surface area (Å²) in [7, 11) is 0. The van der Waals surface area contributed by atoms with Gasteiger partial charge in [-0.25, -0.2) is 15.0 Å². The lowest BCUT2D eigenvalue weighted by Crippen LogP contribution is -1.91. The third-order valence-corrected chi connectivity index (χ3v) is 1.80. The van der Waals surface area contributed by atoms with E-state index in [0.29, 0.717) is 17.1 Å². The van der Waals surface area contributed by atoms with Gasteiger partial charge in [0.1, 0.15) is 5.82 Å². The SMILES string of the molecule is Cc1nccc(-c2ccnc(F)c2)n1. The Kier molecular flexibility index (Phi) is 2.18. The van der Waals surface area contributed by atoms with Gasteiger partial charge in [-0.1, -0.05) is 0 Å². The maximum absolute atomic E-state index is 12.8. The Labute approximate surface area is 80.7 Å². The van der Waals surface area contributed by atoms with Crippen molar-refractivity contribution in [3.05, 3.63) is 42.4 Å². The molecule has 0 aliphatic heterocycles. The monoisotopic (exact) mass is 189 g/mol. The fraction of sp³-hybridized carbons (Fsp3) is 0.100. The van der Waals surface area contributed by atoms with Crippen LogP contribution in [0, 0.1) is 12.9 Å². The van der Waals surface area contributed by atoms with E-state index in [9.17, 15) is 4.39 Å². The molecule has 0 amide bonds. The molecule has 4 heteroatoms. The summed E-state index contributed by atoms with van der Waals surface area (Å²) in [6.45, 7) is 1.79. The van der Waals surface area contributed by atoms with Crippen molar-refractivity contribution in [2.45, 2.75) is 6.92 Å². The molecule has 2 aromatic rings. The number of hydrogen-bond acceptors (Lipinski definition) is 3. The van der Waals surface area contributed by atoms with Gasteiger partial charge in [0.2, 0.25) is 5.95 Å². The van der Waals surface area contributed by atoms with Gasteiger partial charge in [-0.2, -0.15) is 4.39 Å². The van der Waals surface area contributed by atoms with Crippen LogP contribution >= 0.6 is 0 Å².